The third kappa shape index (κ3) is 1.31. The minimum absolute atomic E-state index is 0.0172. The summed E-state index contributed by atoms with van der Waals surface area (Å²) >= 11 is 0. The fourth-order valence-corrected chi connectivity index (χ4v) is 3.31. The summed E-state index contributed by atoms with van der Waals surface area (Å²) in [6.45, 7) is 2.23. The number of fused-ring (bicyclic) bond motifs is 3. The van der Waals surface area contributed by atoms with Crippen LogP contribution in [-0.4, -0.2) is 35.3 Å². The molecule has 86 valence electrons. The van der Waals surface area contributed by atoms with Crippen molar-refractivity contribution in [2.24, 2.45) is 5.92 Å². The van der Waals surface area contributed by atoms with E-state index in [1.807, 2.05) is 6.07 Å². The Hall–Kier alpha value is -1.22. The summed E-state index contributed by atoms with van der Waals surface area (Å²) in [5.74, 6) is 1.38. The first-order valence-corrected chi connectivity index (χ1v) is 5.89. The summed E-state index contributed by atoms with van der Waals surface area (Å²) in [7, 11) is 2.15. The Labute approximate surface area is 95.3 Å². The molecule has 2 atom stereocenters. The second kappa shape index (κ2) is 3.39. The minimum Gasteiger partial charge on any atom is -0.504 e. The zero-order valence-electron chi connectivity index (χ0n) is 9.48. The van der Waals surface area contributed by atoms with Crippen LogP contribution in [0.25, 0.3) is 0 Å². The van der Waals surface area contributed by atoms with Crippen molar-refractivity contribution in [3.05, 3.63) is 23.3 Å². The van der Waals surface area contributed by atoms with Gasteiger partial charge in [-0.25, -0.2) is 0 Å². The van der Waals surface area contributed by atoms with Crippen LogP contribution in [0.1, 0.15) is 23.5 Å². The van der Waals surface area contributed by atoms with Crippen LogP contribution in [0.15, 0.2) is 12.1 Å². The molecule has 2 N–H and O–H groups in total. The molecule has 0 saturated carbocycles. The number of aromatic hydroxyl groups is 2. The summed E-state index contributed by atoms with van der Waals surface area (Å²) in [6.07, 6.45) is 2.02. The molecule has 0 radical (unpaired) electrons. The smallest absolute Gasteiger partial charge is 0.160 e. The van der Waals surface area contributed by atoms with Gasteiger partial charge in [-0.1, -0.05) is 6.07 Å². The number of phenols is 2. The van der Waals surface area contributed by atoms with Gasteiger partial charge in [-0.15, -0.1) is 0 Å². The van der Waals surface area contributed by atoms with Crippen molar-refractivity contribution >= 4 is 0 Å². The summed E-state index contributed by atoms with van der Waals surface area (Å²) < 4.78 is 0. The second-order valence-electron chi connectivity index (χ2n) is 5.13. The molecule has 3 rings (SSSR count). The van der Waals surface area contributed by atoms with Crippen LogP contribution in [0.4, 0.5) is 0 Å². The molecule has 2 aliphatic rings. The minimum atomic E-state index is 0.0172. The topological polar surface area (TPSA) is 43.7 Å². The molecule has 1 aromatic rings. The number of benzene rings is 1. The highest BCUT2D eigenvalue weighted by Crippen LogP contribution is 2.45. The number of hydrogen-bond acceptors (Lipinski definition) is 3. The van der Waals surface area contributed by atoms with E-state index in [1.54, 1.807) is 6.07 Å². The second-order valence-corrected chi connectivity index (χ2v) is 5.13. The third-order valence-electron chi connectivity index (χ3n) is 4.09. The molecule has 0 aromatic heterocycles. The van der Waals surface area contributed by atoms with Crippen molar-refractivity contribution in [3.63, 3.8) is 0 Å². The highest BCUT2D eigenvalue weighted by Gasteiger charge is 2.37. The predicted octanol–water partition coefficient (Wildman–Crippen LogP) is 1.69. The van der Waals surface area contributed by atoms with E-state index >= 15 is 0 Å². The largest absolute Gasteiger partial charge is 0.504 e. The van der Waals surface area contributed by atoms with E-state index < -0.39 is 0 Å². The number of likely N-dealkylation sites (tertiary alicyclic amines) is 1. The molecule has 1 heterocycles. The van der Waals surface area contributed by atoms with E-state index in [0.717, 1.165) is 37.4 Å². The highest BCUT2D eigenvalue weighted by molar-refractivity contribution is 5.51. The molecule has 1 aliphatic carbocycles. The van der Waals surface area contributed by atoms with Gasteiger partial charge in [0.25, 0.3) is 0 Å². The number of hydrogen-bond donors (Lipinski definition) is 2. The molecule has 1 aromatic carbocycles. The zero-order chi connectivity index (χ0) is 11.3. The normalized spacial score (nSPS) is 28.8. The predicted molar refractivity (Wildman–Crippen MR) is 61.8 cm³/mol. The standard InChI is InChI=1S/C13H17NO2/c1-14-6-8-2-3-10-9(11(8)7-14)4-5-12(15)13(10)16/h4-5,8,11,15-16H,2-3,6-7H2,1H3. The van der Waals surface area contributed by atoms with E-state index in [9.17, 15) is 10.2 Å². The maximum absolute atomic E-state index is 9.87. The van der Waals surface area contributed by atoms with Crippen molar-refractivity contribution in [2.75, 3.05) is 20.1 Å². The van der Waals surface area contributed by atoms with E-state index in [2.05, 4.69) is 11.9 Å². The molecule has 0 spiro atoms. The first-order valence-electron chi connectivity index (χ1n) is 5.89. The summed E-state index contributed by atoms with van der Waals surface area (Å²) in [5, 5.41) is 19.4. The molecule has 1 aliphatic heterocycles. The fourth-order valence-electron chi connectivity index (χ4n) is 3.31. The van der Waals surface area contributed by atoms with E-state index in [1.165, 1.54) is 5.56 Å². The van der Waals surface area contributed by atoms with Crippen LogP contribution in [-0.2, 0) is 6.42 Å². The lowest BCUT2D eigenvalue weighted by atomic mass is 9.77. The van der Waals surface area contributed by atoms with E-state index in [4.69, 9.17) is 0 Å². The summed E-state index contributed by atoms with van der Waals surface area (Å²) in [4.78, 5) is 2.36. The van der Waals surface area contributed by atoms with E-state index in [-0.39, 0.29) is 11.5 Å². The van der Waals surface area contributed by atoms with Crippen molar-refractivity contribution in [2.45, 2.75) is 18.8 Å². The van der Waals surface area contributed by atoms with Gasteiger partial charge in [-0.05, 0) is 37.4 Å². The zero-order valence-corrected chi connectivity index (χ0v) is 9.48. The summed E-state index contributed by atoms with van der Waals surface area (Å²) in [6, 6.07) is 3.61. The van der Waals surface area contributed by atoms with Gasteiger partial charge in [0, 0.05) is 24.6 Å². The Kier molecular flexibility index (Phi) is 2.11. The van der Waals surface area contributed by atoms with Crippen LogP contribution in [0.3, 0.4) is 0 Å². The molecule has 3 nitrogen and oxygen atoms in total. The highest BCUT2D eigenvalue weighted by atomic mass is 16.3. The Balaban J connectivity index is 2.07. The lowest BCUT2D eigenvalue weighted by Crippen LogP contribution is -2.18. The average molecular weight is 219 g/mol. The van der Waals surface area contributed by atoms with Crippen molar-refractivity contribution in [1.29, 1.82) is 0 Å². The third-order valence-corrected chi connectivity index (χ3v) is 4.09. The van der Waals surface area contributed by atoms with Crippen LogP contribution in [0.5, 0.6) is 11.5 Å². The Bertz CT molecular complexity index is 430. The lowest BCUT2D eigenvalue weighted by molar-refractivity contribution is 0.375. The van der Waals surface area contributed by atoms with Gasteiger partial charge in [0.1, 0.15) is 0 Å². The first-order chi connectivity index (χ1) is 7.66. The monoisotopic (exact) mass is 219 g/mol. The van der Waals surface area contributed by atoms with Crippen LogP contribution in [0, 0.1) is 5.92 Å². The van der Waals surface area contributed by atoms with Gasteiger partial charge in [-0.3, -0.25) is 0 Å². The van der Waals surface area contributed by atoms with Crippen LogP contribution in [0.2, 0.25) is 0 Å². The Morgan fingerprint density at radius 1 is 1.25 bits per heavy atom. The van der Waals surface area contributed by atoms with Gasteiger partial charge in [0.15, 0.2) is 11.5 Å². The quantitative estimate of drug-likeness (QED) is 0.653. The average Bonchev–Trinajstić information content (AvgIpc) is 2.63. The van der Waals surface area contributed by atoms with Crippen molar-refractivity contribution in [3.8, 4) is 11.5 Å². The molecule has 16 heavy (non-hydrogen) atoms. The van der Waals surface area contributed by atoms with Gasteiger partial charge in [0.2, 0.25) is 0 Å². The first kappa shape index (κ1) is 9.97. The summed E-state index contributed by atoms with van der Waals surface area (Å²) in [5.41, 5.74) is 2.22. The van der Waals surface area contributed by atoms with Crippen LogP contribution >= 0.6 is 0 Å². The number of rotatable bonds is 0. The molecular weight excluding hydrogens is 202 g/mol. The maximum Gasteiger partial charge on any atom is 0.160 e. The van der Waals surface area contributed by atoms with E-state index in [0.29, 0.717) is 5.92 Å². The molecule has 3 heteroatoms. The van der Waals surface area contributed by atoms with Gasteiger partial charge >= 0.3 is 0 Å². The molecule has 2 unspecified atom stereocenters. The van der Waals surface area contributed by atoms with Gasteiger partial charge < -0.3 is 15.1 Å². The maximum atomic E-state index is 9.87. The SMILES string of the molecule is CN1CC2CCc3c(ccc(O)c3O)C2C1. The lowest BCUT2D eigenvalue weighted by Gasteiger charge is -2.28. The van der Waals surface area contributed by atoms with Gasteiger partial charge in [0.05, 0.1) is 0 Å². The number of nitrogens with zero attached hydrogens (tertiary/aromatic N) is 1. The number of likely N-dealkylation sites (N-methyl/N-ethyl adjacent to an activating group) is 1. The van der Waals surface area contributed by atoms with Crippen LogP contribution < -0.4 is 0 Å². The molecule has 1 saturated heterocycles. The van der Waals surface area contributed by atoms with Crippen molar-refractivity contribution < 1.29 is 10.2 Å². The Morgan fingerprint density at radius 3 is 2.88 bits per heavy atom. The van der Waals surface area contributed by atoms with Crippen molar-refractivity contribution in [1.82, 2.24) is 4.90 Å². The molecule has 1 fully saturated rings. The van der Waals surface area contributed by atoms with Gasteiger partial charge in [-0.2, -0.15) is 0 Å². The molecule has 0 amide bonds. The molecule has 0 bridgehead atoms. The fraction of sp³-hybridized carbons (Fsp3) is 0.538. The number of phenolic OH excluding ortho intramolecular Hbond substituents is 2. The Morgan fingerprint density at radius 2 is 2.06 bits per heavy atom. The molecular formula is C13H17NO2.